The second-order valence-corrected chi connectivity index (χ2v) is 8.00. The summed E-state index contributed by atoms with van der Waals surface area (Å²) >= 11 is 3.47. The normalized spacial score (nSPS) is 17.2. The van der Waals surface area contributed by atoms with Gasteiger partial charge in [-0.15, -0.1) is 0 Å². The van der Waals surface area contributed by atoms with Gasteiger partial charge in [0.2, 0.25) is 0 Å². The van der Waals surface area contributed by atoms with E-state index < -0.39 is 6.10 Å². The van der Waals surface area contributed by atoms with E-state index in [1.54, 1.807) is 6.92 Å². The van der Waals surface area contributed by atoms with Crippen LogP contribution in [0.15, 0.2) is 40.9 Å². The third kappa shape index (κ3) is 5.49. The Morgan fingerprint density at radius 2 is 1.93 bits per heavy atom. The van der Waals surface area contributed by atoms with E-state index in [9.17, 15) is 4.79 Å². The Morgan fingerprint density at radius 3 is 2.54 bits per heavy atom. The number of carbonyl (C=O) groups is 1. The molecule has 0 unspecified atom stereocenters. The van der Waals surface area contributed by atoms with Crippen LogP contribution in [0.25, 0.3) is 0 Å². The minimum absolute atomic E-state index is 0.183. The van der Waals surface area contributed by atoms with Gasteiger partial charge in [0.25, 0.3) is 5.91 Å². The number of hydrogen-bond acceptors (Lipinski definition) is 4. The summed E-state index contributed by atoms with van der Waals surface area (Å²) in [6, 6.07) is 11.3. The average Bonchev–Trinajstić information content (AvgIpc) is 3.17. The molecule has 1 aliphatic heterocycles. The molecule has 1 aliphatic rings. The SMILES string of the molecule is Cc1cc(Br)cc(C)c1O[C@H](C)C(=O)Nc1ccc(OC[C@@H]2CCCO2)cc1. The van der Waals surface area contributed by atoms with Crippen molar-refractivity contribution in [2.45, 2.75) is 45.8 Å². The summed E-state index contributed by atoms with van der Waals surface area (Å²) in [5.74, 6) is 1.30. The van der Waals surface area contributed by atoms with Crippen molar-refractivity contribution in [1.82, 2.24) is 0 Å². The summed E-state index contributed by atoms with van der Waals surface area (Å²) in [6.45, 7) is 7.05. The molecule has 28 heavy (non-hydrogen) atoms. The van der Waals surface area contributed by atoms with Crippen molar-refractivity contribution >= 4 is 27.5 Å². The fourth-order valence-corrected chi connectivity index (χ4v) is 3.84. The molecule has 6 heteroatoms. The van der Waals surface area contributed by atoms with E-state index in [4.69, 9.17) is 14.2 Å². The van der Waals surface area contributed by atoms with Crippen molar-refractivity contribution in [2.24, 2.45) is 0 Å². The topological polar surface area (TPSA) is 56.8 Å². The number of ether oxygens (including phenoxy) is 3. The van der Waals surface area contributed by atoms with Gasteiger partial charge in [0.05, 0.1) is 6.10 Å². The highest BCUT2D eigenvalue weighted by molar-refractivity contribution is 9.10. The Morgan fingerprint density at radius 1 is 1.25 bits per heavy atom. The first-order valence-electron chi connectivity index (χ1n) is 9.51. The second kappa shape index (κ2) is 9.43. The molecule has 2 aromatic carbocycles. The molecule has 0 aromatic heterocycles. The van der Waals surface area contributed by atoms with Crippen LogP contribution in [0.4, 0.5) is 5.69 Å². The predicted octanol–water partition coefficient (Wildman–Crippen LogP) is 5.03. The molecule has 1 saturated heterocycles. The lowest BCUT2D eigenvalue weighted by Crippen LogP contribution is -2.30. The van der Waals surface area contributed by atoms with E-state index >= 15 is 0 Å². The summed E-state index contributed by atoms with van der Waals surface area (Å²) in [4.78, 5) is 12.5. The Bertz CT molecular complexity index is 793. The number of benzene rings is 2. The Labute approximate surface area is 174 Å². The third-order valence-electron chi connectivity index (χ3n) is 4.67. The summed E-state index contributed by atoms with van der Waals surface area (Å²) in [5.41, 5.74) is 2.67. The van der Waals surface area contributed by atoms with Gasteiger partial charge in [-0.3, -0.25) is 4.79 Å². The Kier molecular flexibility index (Phi) is 6.97. The largest absolute Gasteiger partial charge is 0.491 e. The van der Waals surface area contributed by atoms with Gasteiger partial charge in [0.1, 0.15) is 18.1 Å². The van der Waals surface area contributed by atoms with Gasteiger partial charge in [-0.1, -0.05) is 15.9 Å². The first-order chi connectivity index (χ1) is 13.4. The van der Waals surface area contributed by atoms with Crippen LogP contribution in [0.1, 0.15) is 30.9 Å². The number of halogens is 1. The molecule has 1 N–H and O–H groups in total. The molecule has 0 bridgehead atoms. The van der Waals surface area contributed by atoms with Gasteiger partial charge in [0, 0.05) is 16.8 Å². The highest BCUT2D eigenvalue weighted by Crippen LogP contribution is 2.28. The quantitative estimate of drug-likeness (QED) is 0.646. The molecule has 0 saturated carbocycles. The lowest BCUT2D eigenvalue weighted by atomic mass is 10.1. The minimum atomic E-state index is -0.617. The molecule has 2 atom stereocenters. The van der Waals surface area contributed by atoms with Crippen LogP contribution in [0, 0.1) is 13.8 Å². The van der Waals surface area contributed by atoms with Gasteiger partial charge >= 0.3 is 0 Å². The summed E-state index contributed by atoms with van der Waals surface area (Å²) in [6.07, 6.45) is 1.71. The van der Waals surface area contributed by atoms with Crippen LogP contribution >= 0.6 is 15.9 Å². The van der Waals surface area contributed by atoms with Crippen LogP contribution in [-0.2, 0) is 9.53 Å². The van der Waals surface area contributed by atoms with Crippen molar-refractivity contribution in [3.05, 3.63) is 52.0 Å². The fraction of sp³-hybridized carbons (Fsp3) is 0.409. The number of rotatable bonds is 7. The fourth-order valence-electron chi connectivity index (χ4n) is 3.16. The van der Waals surface area contributed by atoms with Crippen molar-refractivity contribution in [1.29, 1.82) is 0 Å². The molecule has 150 valence electrons. The smallest absolute Gasteiger partial charge is 0.265 e. The van der Waals surface area contributed by atoms with Gasteiger partial charge in [0.15, 0.2) is 6.10 Å². The van der Waals surface area contributed by atoms with Crippen molar-refractivity contribution < 1.29 is 19.0 Å². The molecule has 1 amide bonds. The van der Waals surface area contributed by atoms with Crippen LogP contribution in [-0.4, -0.2) is 31.3 Å². The van der Waals surface area contributed by atoms with E-state index in [0.29, 0.717) is 12.3 Å². The van der Waals surface area contributed by atoms with Gasteiger partial charge in [-0.2, -0.15) is 0 Å². The van der Waals surface area contributed by atoms with Crippen molar-refractivity contribution in [3.8, 4) is 11.5 Å². The maximum atomic E-state index is 12.5. The van der Waals surface area contributed by atoms with E-state index in [1.165, 1.54) is 0 Å². The van der Waals surface area contributed by atoms with Crippen LogP contribution < -0.4 is 14.8 Å². The van der Waals surface area contributed by atoms with Gasteiger partial charge in [-0.25, -0.2) is 0 Å². The molecular weight excluding hydrogens is 422 g/mol. The second-order valence-electron chi connectivity index (χ2n) is 7.09. The van der Waals surface area contributed by atoms with Crippen LogP contribution in [0.3, 0.4) is 0 Å². The monoisotopic (exact) mass is 447 g/mol. The molecule has 5 nitrogen and oxygen atoms in total. The van der Waals surface area contributed by atoms with Crippen LogP contribution in [0.5, 0.6) is 11.5 Å². The molecular formula is C22H26BrNO4. The molecule has 2 aromatic rings. The number of hydrogen-bond donors (Lipinski definition) is 1. The number of anilines is 1. The number of aryl methyl sites for hydroxylation is 2. The average molecular weight is 448 g/mol. The summed E-state index contributed by atoms with van der Waals surface area (Å²) in [5, 5.41) is 2.88. The zero-order chi connectivity index (χ0) is 20.1. The summed E-state index contributed by atoms with van der Waals surface area (Å²) < 4.78 is 18.2. The van der Waals surface area contributed by atoms with E-state index in [2.05, 4.69) is 21.2 Å². The highest BCUT2D eigenvalue weighted by atomic mass is 79.9. The maximum Gasteiger partial charge on any atom is 0.265 e. The Hall–Kier alpha value is -2.05. The zero-order valence-electron chi connectivity index (χ0n) is 16.5. The van der Waals surface area contributed by atoms with E-state index in [1.807, 2.05) is 50.2 Å². The molecule has 3 rings (SSSR count). The zero-order valence-corrected chi connectivity index (χ0v) is 18.0. The lowest BCUT2D eigenvalue weighted by Gasteiger charge is -2.18. The lowest BCUT2D eigenvalue weighted by molar-refractivity contribution is -0.122. The summed E-state index contributed by atoms with van der Waals surface area (Å²) in [7, 11) is 0. The predicted molar refractivity (Wildman–Crippen MR) is 113 cm³/mol. The third-order valence-corrected chi connectivity index (χ3v) is 5.13. The van der Waals surface area contributed by atoms with Gasteiger partial charge in [-0.05, 0) is 81.1 Å². The van der Waals surface area contributed by atoms with E-state index in [0.717, 1.165) is 46.5 Å². The van der Waals surface area contributed by atoms with Gasteiger partial charge < -0.3 is 19.5 Å². The van der Waals surface area contributed by atoms with Crippen molar-refractivity contribution in [3.63, 3.8) is 0 Å². The molecule has 1 heterocycles. The van der Waals surface area contributed by atoms with Crippen molar-refractivity contribution in [2.75, 3.05) is 18.5 Å². The first kappa shape index (κ1) is 20.7. The molecule has 0 spiro atoms. The highest BCUT2D eigenvalue weighted by Gasteiger charge is 2.18. The number of nitrogens with one attached hydrogen (secondary N) is 1. The Balaban J connectivity index is 1.53. The molecule has 0 aliphatic carbocycles. The van der Waals surface area contributed by atoms with E-state index in [-0.39, 0.29) is 12.0 Å². The van der Waals surface area contributed by atoms with Crippen LogP contribution in [0.2, 0.25) is 0 Å². The maximum absolute atomic E-state index is 12.5. The molecule has 1 fully saturated rings. The number of carbonyl (C=O) groups excluding carboxylic acids is 1. The molecule has 0 radical (unpaired) electrons. The first-order valence-corrected chi connectivity index (χ1v) is 10.3. The minimum Gasteiger partial charge on any atom is -0.491 e. The number of amides is 1. The standard InChI is InChI=1S/C22H26BrNO4/c1-14-11-17(23)12-15(2)21(14)28-16(3)22(25)24-18-6-8-19(9-7-18)27-13-20-5-4-10-26-20/h6-9,11-12,16,20H,4-5,10,13H2,1-3H3,(H,24,25)/t16-,20+/m1/s1.